The van der Waals surface area contributed by atoms with E-state index in [1.165, 1.54) is 0 Å². The van der Waals surface area contributed by atoms with Gasteiger partial charge in [0.05, 0.1) is 0 Å². The number of hydrogen-bond donors (Lipinski definition) is 3. The van der Waals surface area contributed by atoms with E-state index in [1.54, 1.807) is 0 Å². The van der Waals surface area contributed by atoms with Gasteiger partial charge in [0, 0.05) is 0 Å². The fourth-order valence-electron chi connectivity index (χ4n) is 0.316. The van der Waals surface area contributed by atoms with E-state index in [4.69, 9.17) is 13.7 Å². The second-order valence-electron chi connectivity index (χ2n) is 2.71. The zero-order chi connectivity index (χ0) is 23.1. The summed E-state index contributed by atoms with van der Waals surface area (Å²) < 4.78 is 171. The van der Waals surface area contributed by atoms with Crippen molar-refractivity contribution in [3.05, 3.63) is 0 Å². The molecule has 0 atom stereocenters. The van der Waals surface area contributed by atoms with Crippen LogP contribution in [0.2, 0.25) is 0 Å². The molecule has 21 nitrogen and oxygen atoms in total. The Labute approximate surface area is 236 Å². The molecule has 0 aromatic heterocycles. The molecule has 0 heterocycles. The Balaban J connectivity index is -0.0000000686. The Morgan fingerprint density at radius 3 is 0.500 bits per heavy atom. The molecule has 3 N–H and O–H groups in total. The van der Waals surface area contributed by atoms with Crippen molar-refractivity contribution in [3.63, 3.8) is 0 Å². The molecule has 0 aromatic rings. The minimum absolute atomic E-state index is 0. The fourth-order valence-corrected chi connectivity index (χ4v) is 2.84. The van der Waals surface area contributed by atoms with Crippen molar-refractivity contribution in [2.45, 2.75) is 0 Å². The first-order valence-corrected chi connectivity index (χ1v) is 12.1. The van der Waals surface area contributed by atoms with Crippen LogP contribution in [-0.2, 0) is 73.3 Å². The third-order valence-electron chi connectivity index (χ3n) is 0.508. The molecular weight excluding hydrogens is 597 g/mol. The van der Waals surface area contributed by atoms with Crippen LogP contribution in [0.4, 0.5) is 0 Å². The van der Waals surface area contributed by atoms with Gasteiger partial charge in [0.2, 0.25) is 31.2 Å². The molecular formula is H3Na3O21S6. The van der Waals surface area contributed by atoms with Gasteiger partial charge in [-0.2, -0.15) is 25.3 Å². The quantitative estimate of drug-likeness (QED) is 0.145. The zero-order valence-electron chi connectivity index (χ0n) is 14.1. The minimum Gasteiger partial charge on any atom is -0.725 e. The standard InChI is InChI=1S/3Na.3H2O7S2/c;;;3*1-8(2,3)7-9(4,5)6/h;;;3*(H,1,2,3)(H,4,5,6)/q3*+1;;;/p-3. The average Bonchev–Trinajstić information content (AvgIpc) is 1.96. The Kier molecular flexibility index (Phi) is 25.8. The molecule has 0 aliphatic rings. The second-order valence-corrected chi connectivity index (χ2v) is 9.36. The Hall–Kier alpha value is 2.34. The SMILES string of the molecule is O=S(=O)([O-])OS(=O)(=O)O.O=S(=O)([O-])OS(=O)(=O)O.O=S(=O)([O-])OS(=O)(=O)O.[Na+].[Na+].[Na+]. The Morgan fingerprint density at radius 1 is 0.400 bits per heavy atom. The summed E-state index contributed by atoms with van der Waals surface area (Å²) in [7, 11) is -31.7. The van der Waals surface area contributed by atoms with Crippen molar-refractivity contribution in [2.24, 2.45) is 0 Å². The van der Waals surface area contributed by atoms with Gasteiger partial charge in [-0.15, -0.1) is 10.9 Å². The van der Waals surface area contributed by atoms with E-state index in [0.717, 1.165) is 0 Å². The smallest absolute Gasteiger partial charge is 0.725 e. The summed E-state index contributed by atoms with van der Waals surface area (Å²) in [6, 6.07) is 0. The van der Waals surface area contributed by atoms with Crippen molar-refractivity contribution in [1.29, 1.82) is 0 Å². The van der Waals surface area contributed by atoms with Crippen molar-refractivity contribution in [1.82, 2.24) is 0 Å². The van der Waals surface area contributed by atoms with E-state index in [-0.39, 0.29) is 88.7 Å². The van der Waals surface area contributed by atoms with Crippen LogP contribution < -0.4 is 88.7 Å². The molecule has 0 amide bonds. The summed E-state index contributed by atoms with van der Waals surface area (Å²) in [6.45, 7) is 0. The third-order valence-corrected chi connectivity index (χ3v) is 4.57. The van der Waals surface area contributed by atoms with Crippen LogP contribution in [0.25, 0.3) is 0 Å². The topological polar surface area (TPSA) is 362 Å². The van der Waals surface area contributed by atoms with Gasteiger partial charge in [-0.1, -0.05) is 0 Å². The van der Waals surface area contributed by atoms with Gasteiger partial charge in [0.15, 0.2) is 0 Å². The Bertz CT molecular complexity index is 858. The van der Waals surface area contributed by atoms with Crippen LogP contribution in [0.1, 0.15) is 0 Å². The van der Waals surface area contributed by atoms with Crippen LogP contribution in [-0.4, -0.2) is 77.8 Å². The van der Waals surface area contributed by atoms with Crippen LogP contribution in [0, 0.1) is 0 Å². The molecule has 30 heavy (non-hydrogen) atoms. The molecule has 0 radical (unpaired) electrons. The van der Waals surface area contributed by atoms with E-state index in [2.05, 4.69) is 10.9 Å². The first-order chi connectivity index (χ1) is 11.1. The van der Waals surface area contributed by atoms with Gasteiger partial charge in [0.1, 0.15) is 0 Å². The molecule has 0 saturated heterocycles. The van der Waals surface area contributed by atoms with Gasteiger partial charge in [-0.25, -0.2) is 25.3 Å². The first-order valence-electron chi connectivity index (χ1n) is 4.05. The monoisotopic (exact) mass is 600 g/mol. The number of rotatable bonds is 6. The normalized spacial score (nSPS) is 12.2. The molecule has 0 unspecified atom stereocenters. The van der Waals surface area contributed by atoms with Crippen LogP contribution in [0.3, 0.4) is 0 Å². The molecule has 0 saturated carbocycles. The predicted octanol–water partition coefficient (Wildman–Crippen LogP) is -14.2. The van der Waals surface area contributed by atoms with E-state index >= 15 is 0 Å². The first kappa shape index (κ1) is 45.8. The summed E-state index contributed by atoms with van der Waals surface area (Å²) in [6.07, 6.45) is 0. The predicted molar refractivity (Wildman–Crippen MR) is 67.0 cm³/mol. The summed E-state index contributed by atoms with van der Waals surface area (Å²) >= 11 is 0. The summed E-state index contributed by atoms with van der Waals surface area (Å²) in [5, 5.41) is 0. The average molecular weight is 600 g/mol. The maximum Gasteiger partial charge on any atom is 1.00 e. The maximum absolute atomic E-state index is 9.40. The molecule has 0 bridgehead atoms. The number of hydrogen-bond acceptors (Lipinski definition) is 18. The van der Waals surface area contributed by atoms with Crippen LogP contribution in [0.5, 0.6) is 0 Å². The molecule has 30 heteroatoms. The summed E-state index contributed by atoms with van der Waals surface area (Å²) in [5.74, 6) is 0. The maximum atomic E-state index is 9.40. The fraction of sp³-hybridized carbons (Fsp3) is 0. The van der Waals surface area contributed by atoms with Gasteiger partial charge in [-0.3, -0.25) is 13.7 Å². The molecule has 0 aliphatic carbocycles. The van der Waals surface area contributed by atoms with Crippen molar-refractivity contribution < 1.29 is 177 Å². The van der Waals surface area contributed by atoms with Crippen molar-refractivity contribution in [3.8, 4) is 0 Å². The van der Waals surface area contributed by atoms with E-state index in [1.807, 2.05) is 0 Å². The Morgan fingerprint density at radius 2 is 0.500 bits per heavy atom. The molecule has 0 rings (SSSR count). The van der Waals surface area contributed by atoms with Gasteiger partial charge < -0.3 is 13.7 Å². The van der Waals surface area contributed by atoms with Crippen LogP contribution in [0.15, 0.2) is 0 Å². The molecule has 168 valence electrons. The van der Waals surface area contributed by atoms with E-state index in [9.17, 15) is 64.2 Å². The van der Waals surface area contributed by atoms with Crippen molar-refractivity contribution in [2.75, 3.05) is 0 Å². The van der Waals surface area contributed by atoms with Gasteiger partial charge in [-0.05, 0) is 0 Å². The molecule has 0 fully saturated rings. The molecule has 0 aromatic carbocycles. The van der Waals surface area contributed by atoms with Gasteiger partial charge >= 0.3 is 120 Å². The van der Waals surface area contributed by atoms with E-state index in [0.29, 0.717) is 0 Å². The summed E-state index contributed by atoms with van der Waals surface area (Å²) in [5.41, 5.74) is 0. The summed E-state index contributed by atoms with van der Waals surface area (Å²) in [4.78, 5) is 0. The minimum atomic E-state index is -5.37. The zero-order valence-corrected chi connectivity index (χ0v) is 25.0. The van der Waals surface area contributed by atoms with E-state index < -0.39 is 62.4 Å². The van der Waals surface area contributed by atoms with Crippen LogP contribution >= 0.6 is 0 Å². The third kappa shape index (κ3) is 63.1. The largest absolute Gasteiger partial charge is 1.00 e. The molecule has 0 spiro atoms. The van der Waals surface area contributed by atoms with Crippen molar-refractivity contribution >= 4 is 62.4 Å². The second kappa shape index (κ2) is 16.9. The molecule has 0 aliphatic heterocycles. The van der Waals surface area contributed by atoms with Gasteiger partial charge in [0.25, 0.3) is 0 Å².